The van der Waals surface area contributed by atoms with E-state index in [9.17, 15) is 18.0 Å². The largest absolute Gasteiger partial charge is 0.357 e. The lowest BCUT2D eigenvalue weighted by Crippen LogP contribution is -2.52. The first-order valence-electron chi connectivity index (χ1n) is 11.8. The lowest BCUT2D eigenvalue weighted by atomic mass is 10.0. The summed E-state index contributed by atoms with van der Waals surface area (Å²) in [5.74, 6) is -0.799. The van der Waals surface area contributed by atoms with Crippen LogP contribution in [0.25, 0.3) is 0 Å². The fourth-order valence-electron chi connectivity index (χ4n) is 4.13. The third-order valence-electron chi connectivity index (χ3n) is 6.06. The van der Waals surface area contributed by atoms with Gasteiger partial charge >= 0.3 is 0 Å². The smallest absolute Gasteiger partial charge is 0.244 e. The SMILES string of the molecule is CNC(=O)[C@H](Cc1ccccc1)N(Cc1cccc(C)c1)C(=O)CN(c1ccc(Br)c(C)c1)S(C)(=O)=O. The molecule has 0 radical (unpaired) electrons. The van der Waals surface area contributed by atoms with E-state index in [4.69, 9.17) is 0 Å². The van der Waals surface area contributed by atoms with Crippen LogP contribution in [0, 0.1) is 13.8 Å². The number of hydrogen-bond acceptors (Lipinski definition) is 4. The Morgan fingerprint density at radius 3 is 2.22 bits per heavy atom. The van der Waals surface area contributed by atoms with Gasteiger partial charge in [-0.25, -0.2) is 8.42 Å². The molecule has 2 amide bonds. The second-order valence-corrected chi connectivity index (χ2v) is 11.8. The van der Waals surface area contributed by atoms with Crippen molar-refractivity contribution in [2.24, 2.45) is 0 Å². The topological polar surface area (TPSA) is 86.8 Å². The number of likely N-dealkylation sites (N-methyl/N-ethyl adjacent to an activating group) is 1. The second-order valence-electron chi connectivity index (χ2n) is 9.03. The predicted molar refractivity (Wildman–Crippen MR) is 151 cm³/mol. The average molecular weight is 587 g/mol. The van der Waals surface area contributed by atoms with E-state index in [0.717, 1.165) is 37.3 Å². The highest BCUT2D eigenvalue weighted by atomic mass is 79.9. The van der Waals surface area contributed by atoms with Gasteiger partial charge in [-0.1, -0.05) is 76.1 Å². The molecule has 9 heteroatoms. The number of carbonyl (C=O) groups excluding carboxylic acids is 2. The van der Waals surface area contributed by atoms with Gasteiger partial charge in [-0.15, -0.1) is 0 Å². The van der Waals surface area contributed by atoms with Crippen LogP contribution in [-0.2, 0) is 32.6 Å². The normalized spacial score (nSPS) is 12.0. The van der Waals surface area contributed by atoms with Crippen molar-refractivity contribution in [3.8, 4) is 0 Å². The number of aryl methyl sites for hydroxylation is 2. The first kappa shape index (κ1) is 28.4. The maximum atomic E-state index is 13.9. The third kappa shape index (κ3) is 7.66. The molecule has 1 atom stereocenters. The van der Waals surface area contributed by atoms with E-state index in [1.54, 1.807) is 18.2 Å². The minimum absolute atomic E-state index is 0.155. The van der Waals surface area contributed by atoms with Crippen molar-refractivity contribution in [1.82, 2.24) is 10.2 Å². The van der Waals surface area contributed by atoms with Crippen LogP contribution in [-0.4, -0.2) is 51.0 Å². The Morgan fingerprint density at radius 1 is 0.946 bits per heavy atom. The van der Waals surface area contributed by atoms with E-state index < -0.39 is 28.5 Å². The highest BCUT2D eigenvalue weighted by molar-refractivity contribution is 9.10. The molecule has 0 spiro atoms. The maximum Gasteiger partial charge on any atom is 0.244 e. The van der Waals surface area contributed by atoms with Gasteiger partial charge in [-0.05, 0) is 48.7 Å². The summed E-state index contributed by atoms with van der Waals surface area (Å²) in [6, 6.07) is 21.4. The first-order valence-corrected chi connectivity index (χ1v) is 14.5. The van der Waals surface area contributed by atoms with Crippen LogP contribution in [0.4, 0.5) is 5.69 Å². The van der Waals surface area contributed by atoms with E-state index in [2.05, 4.69) is 21.2 Å². The molecule has 0 aromatic heterocycles. The lowest BCUT2D eigenvalue weighted by Gasteiger charge is -2.33. The van der Waals surface area contributed by atoms with Crippen molar-refractivity contribution in [1.29, 1.82) is 0 Å². The highest BCUT2D eigenvalue weighted by Gasteiger charge is 2.32. The third-order valence-corrected chi connectivity index (χ3v) is 8.09. The highest BCUT2D eigenvalue weighted by Crippen LogP contribution is 2.25. The molecule has 3 aromatic carbocycles. The number of benzene rings is 3. The molecule has 3 aromatic rings. The monoisotopic (exact) mass is 585 g/mol. The molecule has 7 nitrogen and oxygen atoms in total. The van der Waals surface area contributed by atoms with Gasteiger partial charge in [0, 0.05) is 24.5 Å². The van der Waals surface area contributed by atoms with Gasteiger partial charge in [0.25, 0.3) is 0 Å². The number of rotatable bonds is 10. The molecule has 196 valence electrons. The van der Waals surface area contributed by atoms with E-state index in [0.29, 0.717) is 5.69 Å². The molecule has 0 bridgehead atoms. The quantitative estimate of drug-likeness (QED) is 0.386. The van der Waals surface area contributed by atoms with E-state index >= 15 is 0 Å². The zero-order valence-corrected chi connectivity index (χ0v) is 23.8. The van der Waals surface area contributed by atoms with Crippen LogP contribution in [0.5, 0.6) is 0 Å². The van der Waals surface area contributed by atoms with Gasteiger partial charge < -0.3 is 10.2 Å². The molecule has 0 aliphatic heterocycles. The molecule has 0 saturated carbocycles. The number of hydrogen-bond donors (Lipinski definition) is 1. The molecule has 3 rings (SSSR count). The van der Waals surface area contributed by atoms with Crippen LogP contribution < -0.4 is 9.62 Å². The summed E-state index contributed by atoms with van der Waals surface area (Å²) in [5.41, 5.74) is 3.98. The van der Waals surface area contributed by atoms with Crippen LogP contribution in [0.2, 0.25) is 0 Å². The van der Waals surface area contributed by atoms with Crippen LogP contribution in [0.15, 0.2) is 77.3 Å². The Balaban J connectivity index is 2.04. The molecule has 0 aliphatic rings. The predicted octanol–water partition coefficient (Wildman–Crippen LogP) is 4.22. The van der Waals surface area contributed by atoms with Crippen LogP contribution in [0.1, 0.15) is 22.3 Å². The minimum Gasteiger partial charge on any atom is -0.357 e. The molecule has 0 saturated heterocycles. The number of carbonyl (C=O) groups is 2. The van der Waals surface area contributed by atoms with Crippen molar-refractivity contribution in [3.05, 3.63) is 99.5 Å². The Labute approximate surface area is 227 Å². The number of sulfonamides is 1. The summed E-state index contributed by atoms with van der Waals surface area (Å²) in [6.45, 7) is 3.52. The second kappa shape index (κ2) is 12.4. The van der Waals surface area contributed by atoms with Gasteiger partial charge in [0.15, 0.2) is 0 Å². The Hall–Kier alpha value is -3.17. The number of halogens is 1. The van der Waals surface area contributed by atoms with E-state index in [1.165, 1.54) is 11.9 Å². The molecular formula is C28H32BrN3O4S. The summed E-state index contributed by atoms with van der Waals surface area (Å²) in [7, 11) is -2.27. The summed E-state index contributed by atoms with van der Waals surface area (Å²) >= 11 is 3.43. The summed E-state index contributed by atoms with van der Waals surface area (Å²) in [6.07, 6.45) is 1.36. The molecular weight excluding hydrogens is 554 g/mol. The Kier molecular flexibility index (Phi) is 9.50. The first-order chi connectivity index (χ1) is 17.5. The lowest BCUT2D eigenvalue weighted by molar-refractivity contribution is -0.139. The van der Waals surface area contributed by atoms with Gasteiger partial charge in [-0.3, -0.25) is 13.9 Å². The zero-order valence-electron chi connectivity index (χ0n) is 21.4. The maximum absolute atomic E-state index is 13.9. The Bertz CT molecular complexity index is 1360. The number of nitrogens with one attached hydrogen (secondary N) is 1. The average Bonchev–Trinajstić information content (AvgIpc) is 2.86. The summed E-state index contributed by atoms with van der Waals surface area (Å²) in [5, 5.41) is 2.68. The Morgan fingerprint density at radius 2 is 1.62 bits per heavy atom. The molecule has 0 fully saturated rings. The summed E-state index contributed by atoms with van der Waals surface area (Å²) < 4.78 is 27.5. The van der Waals surface area contributed by atoms with Gasteiger partial charge in [0.05, 0.1) is 11.9 Å². The zero-order chi connectivity index (χ0) is 27.2. The van der Waals surface area contributed by atoms with E-state index in [-0.39, 0.29) is 18.9 Å². The van der Waals surface area contributed by atoms with Gasteiger partial charge in [0.2, 0.25) is 21.8 Å². The van der Waals surface area contributed by atoms with Crippen molar-refractivity contribution in [3.63, 3.8) is 0 Å². The molecule has 1 N–H and O–H groups in total. The summed E-state index contributed by atoms with van der Waals surface area (Å²) in [4.78, 5) is 28.5. The molecule has 0 aliphatic carbocycles. The molecule has 0 heterocycles. The fourth-order valence-corrected chi connectivity index (χ4v) is 5.21. The van der Waals surface area contributed by atoms with Gasteiger partial charge in [0.1, 0.15) is 12.6 Å². The van der Waals surface area contributed by atoms with Crippen LogP contribution in [0.3, 0.4) is 0 Å². The van der Waals surface area contributed by atoms with Crippen molar-refractivity contribution >= 4 is 43.5 Å². The van der Waals surface area contributed by atoms with Crippen molar-refractivity contribution in [2.75, 3.05) is 24.2 Å². The number of anilines is 1. The molecule has 37 heavy (non-hydrogen) atoms. The number of nitrogens with zero attached hydrogens (tertiary/aromatic N) is 2. The van der Waals surface area contributed by atoms with Crippen LogP contribution >= 0.6 is 15.9 Å². The standard InChI is InChI=1S/C28H32BrN3O4S/c1-20-9-8-12-23(15-20)18-31(26(28(34)30-3)17-22-10-6-5-7-11-22)27(33)19-32(37(4,35)36)24-13-14-25(29)21(2)16-24/h5-16,26H,17-19H2,1-4H3,(H,30,34)/t26-/m0/s1. The number of amides is 2. The van der Waals surface area contributed by atoms with Gasteiger partial charge in [-0.2, -0.15) is 0 Å². The van der Waals surface area contributed by atoms with Crippen molar-refractivity contribution in [2.45, 2.75) is 32.9 Å². The minimum atomic E-state index is -3.80. The fraction of sp³-hybridized carbons (Fsp3) is 0.286. The molecule has 0 unspecified atom stereocenters. The van der Waals surface area contributed by atoms with E-state index in [1.807, 2.05) is 68.4 Å². The van der Waals surface area contributed by atoms with Crippen molar-refractivity contribution < 1.29 is 18.0 Å².